The molecule has 0 bridgehead atoms. The van der Waals surface area contributed by atoms with Gasteiger partial charge in [0.1, 0.15) is 5.78 Å². The van der Waals surface area contributed by atoms with Gasteiger partial charge in [-0.25, -0.2) is 0 Å². The van der Waals surface area contributed by atoms with Crippen molar-refractivity contribution in [2.75, 3.05) is 38.4 Å². The molecule has 0 N–H and O–H groups in total. The first-order chi connectivity index (χ1) is 6.27. The van der Waals surface area contributed by atoms with Crippen LogP contribution < -0.4 is 0 Å². The van der Waals surface area contributed by atoms with E-state index in [1.807, 2.05) is 6.26 Å². The first kappa shape index (κ1) is 12.9. The van der Waals surface area contributed by atoms with Crippen LogP contribution in [0.4, 0.5) is 0 Å². The molecular formula is C9H18O3S. The topological polar surface area (TPSA) is 35.5 Å². The largest absolute Gasteiger partial charge is 0.379 e. The fraction of sp³-hybridized carbons (Fsp3) is 0.889. The van der Waals surface area contributed by atoms with Crippen molar-refractivity contribution in [2.24, 2.45) is 0 Å². The highest BCUT2D eigenvalue weighted by Crippen LogP contribution is 1.90. The minimum absolute atomic E-state index is 0.170. The van der Waals surface area contributed by atoms with Crippen molar-refractivity contribution in [2.45, 2.75) is 13.3 Å². The summed E-state index contributed by atoms with van der Waals surface area (Å²) in [6.07, 6.45) is 2.55. The number of Topliss-reactive ketones (excluding diaryl/α,β-unsaturated/α-hetero) is 1. The summed E-state index contributed by atoms with van der Waals surface area (Å²) < 4.78 is 10.4. The van der Waals surface area contributed by atoms with Gasteiger partial charge in [-0.05, 0) is 13.2 Å². The third-order valence-electron chi connectivity index (χ3n) is 1.40. The van der Waals surface area contributed by atoms with Gasteiger partial charge in [0, 0.05) is 12.2 Å². The van der Waals surface area contributed by atoms with Gasteiger partial charge in [0.05, 0.1) is 26.4 Å². The van der Waals surface area contributed by atoms with Crippen molar-refractivity contribution in [3.05, 3.63) is 0 Å². The van der Waals surface area contributed by atoms with Gasteiger partial charge in [0.15, 0.2) is 0 Å². The Balaban J connectivity index is 2.87. The first-order valence-corrected chi connectivity index (χ1v) is 5.80. The molecule has 0 aliphatic carbocycles. The molecular weight excluding hydrogens is 188 g/mol. The molecule has 0 rings (SSSR count). The third-order valence-corrected chi connectivity index (χ3v) is 1.98. The van der Waals surface area contributed by atoms with E-state index in [0.717, 1.165) is 12.4 Å². The van der Waals surface area contributed by atoms with Crippen LogP contribution in [0.1, 0.15) is 13.3 Å². The summed E-state index contributed by atoms with van der Waals surface area (Å²) >= 11 is 1.76. The van der Waals surface area contributed by atoms with Gasteiger partial charge >= 0.3 is 0 Å². The predicted octanol–water partition coefficient (Wildman–Crippen LogP) is 1.36. The lowest BCUT2D eigenvalue weighted by Crippen LogP contribution is -2.08. The Labute approximate surface area is 84.2 Å². The zero-order chi connectivity index (χ0) is 9.94. The van der Waals surface area contributed by atoms with Crippen molar-refractivity contribution in [1.29, 1.82) is 0 Å². The van der Waals surface area contributed by atoms with Crippen LogP contribution in [0.3, 0.4) is 0 Å². The molecule has 78 valence electrons. The highest BCUT2D eigenvalue weighted by atomic mass is 32.2. The number of rotatable bonds is 9. The summed E-state index contributed by atoms with van der Waals surface area (Å²) in [6.45, 7) is 4.07. The number of hydrogen-bond acceptors (Lipinski definition) is 4. The number of hydrogen-bond donors (Lipinski definition) is 0. The lowest BCUT2D eigenvalue weighted by Gasteiger charge is -2.03. The quantitative estimate of drug-likeness (QED) is 0.534. The monoisotopic (exact) mass is 206 g/mol. The Kier molecular flexibility index (Phi) is 9.98. The molecule has 0 aromatic rings. The van der Waals surface area contributed by atoms with E-state index in [4.69, 9.17) is 9.47 Å². The molecule has 3 nitrogen and oxygen atoms in total. The summed E-state index contributed by atoms with van der Waals surface area (Å²) in [5.74, 6) is 1.19. The highest BCUT2D eigenvalue weighted by Gasteiger charge is 1.93. The van der Waals surface area contributed by atoms with Crippen molar-refractivity contribution >= 4 is 17.5 Å². The molecule has 0 fully saturated rings. The smallest absolute Gasteiger partial charge is 0.132 e. The second-order valence-electron chi connectivity index (χ2n) is 2.67. The maximum atomic E-state index is 10.5. The molecule has 0 unspecified atom stereocenters. The normalized spacial score (nSPS) is 10.3. The maximum absolute atomic E-state index is 10.5. The standard InChI is InChI=1S/C9H18O3S/c1-9(10)3-4-11-5-6-12-7-8-13-2/h3-8H2,1-2H3. The fourth-order valence-electron chi connectivity index (χ4n) is 0.680. The molecule has 0 saturated heterocycles. The predicted molar refractivity (Wildman–Crippen MR) is 55.3 cm³/mol. The Morgan fingerprint density at radius 3 is 2.31 bits per heavy atom. The van der Waals surface area contributed by atoms with E-state index in [-0.39, 0.29) is 5.78 Å². The van der Waals surface area contributed by atoms with Crippen LogP contribution in [0, 0.1) is 0 Å². The number of thioether (sulfide) groups is 1. The van der Waals surface area contributed by atoms with Crippen LogP contribution in [-0.4, -0.2) is 44.2 Å². The number of carbonyl (C=O) groups is 1. The van der Waals surface area contributed by atoms with Crippen LogP contribution >= 0.6 is 11.8 Å². The van der Waals surface area contributed by atoms with E-state index in [2.05, 4.69) is 0 Å². The van der Waals surface area contributed by atoms with E-state index < -0.39 is 0 Å². The number of ketones is 1. The molecule has 0 amide bonds. The van der Waals surface area contributed by atoms with Gasteiger partial charge in [-0.1, -0.05) is 0 Å². The van der Waals surface area contributed by atoms with Gasteiger partial charge < -0.3 is 9.47 Å². The summed E-state index contributed by atoms with van der Waals surface area (Å²) in [7, 11) is 0. The summed E-state index contributed by atoms with van der Waals surface area (Å²) in [6, 6.07) is 0. The van der Waals surface area contributed by atoms with Crippen LogP contribution in [0.25, 0.3) is 0 Å². The van der Waals surface area contributed by atoms with E-state index in [1.54, 1.807) is 18.7 Å². The Morgan fingerprint density at radius 1 is 1.15 bits per heavy atom. The average Bonchev–Trinajstić information content (AvgIpc) is 2.09. The Hall–Kier alpha value is -0.0600. The van der Waals surface area contributed by atoms with Gasteiger partial charge in [0.25, 0.3) is 0 Å². The molecule has 0 atom stereocenters. The molecule has 0 aliphatic rings. The molecule has 0 radical (unpaired) electrons. The van der Waals surface area contributed by atoms with Crippen LogP contribution in [0.5, 0.6) is 0 Å². The fourth-order valence-corrected chi connectivity index (χ4v) is 0.965. The average molecular weight is 206 g/mol. The SMILES string of the molecule is CSCCOCCOCCC(C)=O. The molecule has 0 heterocycles. The van der Waals surface area contributed by atoms with Crippen molar-refractivity contribution in [3.63, 3.8) is 0 Å². The minimum Gasteiger partial charge on any atom is -0.379 e. The Morgan fingerprint density at radius 2 is 1.77 bits per heavy atom. The number of ether oxygens (including phenoxy) is 2. The minimum atomic E-state index is 0.170. The van der Waals surface area contributed by atoms with Gasteiger partial charge in [-0.3, -0.25) is 4.79 Å². The van der Waals surface area contributed by atoms with E-state index in [9.17, 15) is 4.79 Å². The zero-order valence-corrected chi connectivity index (χ0v) is 9.19. The second-order valence-corrected chi connectivity index (χ2v) is 3.66. The lowest BCUT2D eigenvalue weighted by atomic mass is 10.3. The molecule has 0 aromatic carbocycles. The van der Waals surface area contributed by atoms with Gasteiger partial charge in [-0.2, -0.15) is 11.8 Å². The second kappa shape index (κ2) is 10.0. The zero-order valence-electron chi connectivity index (χ0n) is 8.38. The third kappa shape index (κ3) is 11.9. The van der Waals surface area contributed by atoms with Crippen LogP contribution in [0.15, 0.2) is 0 Å². The molecule has 0 aromatic heterocycles. The molecule has 13 heavy (non-hydrogen) atoms. The van der Waals surface area contributed by atoms with E-state index in [0.29, 0.717) is 26.2 Å². The molecule has 0 saturated carbocycles. The van der Waals surface area contributed by atoms with Gasteiger partial charge in [0.2, 0.25) is 0 Å². The maximum Gasteiger partial charge on any atom is 0.132 e. The van der Waals surface area contributed by atoms with Crippen molar-refractivity contribution in [1.82, 2.24) is 0 Å². The van der Waals surface area contributed by atoms with Gasteiger partial charge in [-0.15, -0.1) is 0 Å². The summed E-state index contributed by atoms with van der Waals surface area (Å²) in [5.41, 5.74) is 0. The molecule has 0 spiro atoms. The summed E-state index contributed by atoms with van der Waals surface area (Å²) in [4.78, 5) is 10.5. The highest BCUT2D eigenvalue weighted by molar-refractivity contribution is 7.98. The number of carbonyl (C=O) groups excluding carboxylic acids is 1. The van der Waals surface area contributed by atoms with Crippen LogP contribution in [0.2, 0.25) is 0 Å². The van der Waals surface area contributed by atoms with E-state index >= 15 is 0 Å². The van der Waals surface area contributed by atoms with Crippen LogP contribution in [-0.2, 0) is 14.3 Å². The van der Waals surface area contributed by atoms with E-state index in [1.165, 1.54) is 0 Å². The van der Waals surface area contributed by atoms with Crippen molar-refractivity contribution < 1.29 is 14.3 Å². The molecule has 4 heteroatoms. The summed E-state index contributed by atoms with van der Waals surface area (Å²) in [5, 5.41) is 0. The first-order valence-electron chi connectivity index (χ1n) is 4.41. The van der Waals surface area contributed by atoms with Crippen molar-refractivity contribution in [3.8, 4) is 0 Å². The Bertz CT molecular complexity index is 128. The lowest BCUT2D eigenvalue weighted by molar-refractivity contribution is -0.118. The molecule has 0 aliphatic heterocycles.